The molecule has 3 N–H and O–H groups in total. The van der Waals surface area contributed by atoms with Gasteiger partial charge in [0.25, 0.3) is 0 Å². The van der Waals surface area contributed by atoms with Gasteiger partial charge in [0.15, 0.2) is 0 Å². The Bertz CT molecular complexity index is 86.1. The molecule has 1 amide bonds. The fourth-order valence-electron chi connectivity index (χ4n) is 0.246. The van der Waals surface area contributed by atoms with E-state index in [2.05, 4.69) is 5.73 Å². The van der Waals surface area contributed by atoms with Crippen LogP contribution in [0.3, 0.4) is 0 Å². The molecule has 0 radical (unpaired) electrons. The highest BCUT2D eigenvalue weighted by molar-refractivity contribution is 6.18. The normalized spacial score (nSPS) is 13.2. The molecule has 0 saturated heterocycles. The highest BCUT2D eigenvalue weighted by atomic mass is 35.5. The van der Waals surface area contributed by atoms with Gasteiger partial charge in [-0.1, -0.05) is 0 Å². The van der Waals surface area contributed by atoms with Crippen LogP contribution in [0.5, 0.6) is 0 Å². The van der Waals surface area contributed by atoms with E-state index in [0.29, 0.717) is 0 Å². The van der Waals surface area contributed by atoms with Crippen molar-refractivity contribution in [2.24, 2.45) is 5.73 Å². The summed E-state index contributed by atoms with van der Waals surface area (Å²) < 4.78 is 0. The number of alkyl halides is 1. The molecule has 0 aromatic heterocycles. The minimum atomic E-state index is -1.08. The maximum absolute atomic E-state index is 10.0. The van der Waals surface area contributed by atoms with E-state index in [-0.39, 0.29) is 12.3 Å². The third-order valence-electron chi connectivity index (χ3n) is 0.711. The Morgan fingerprint density at radius 1 is 1.88 bits per heavy atom. The van der Waals surface area contributed by atoms with Crippen molar-refractivity contribution in [1.29, 1.82) is 0 Å². The number of carbonyl (C=O) groups is 1. The largest absolute Gasteiger partial charge is 0.383 e. The van der Waals surface area contributed by atoms with Crippen LogP contribution in [0.2, 0.25) is 0 Å². The maximum Gasteiger partial charge on any atom is 0.246 e. The zero-order chi connectivity index (χ0) is 6.57. The SMILES string of the molecule is NC(=O)C(O)CCCl. The summed E-state index contributed by atoms with van der Waals surface area (Å²) in [5.74, 6) is -0.463. The lowest BCUT2D eigenvalue weighted by Crippen LogP contribution is -2.28. The van der Waals surface area contributed by atoms with Gasteiger partial charge in [-0.15, -0.1) is 11.6 Å². The van der Waals surface area contributed by atoms with E-state index in [0.717, 1.165) is 0 Å². The van der Waals surface area contributed by atoms with Gasteiger partial charge in [-0.25, -0.2) is 0 Å². The number of nitrogens with two attached hydrogens (primary N) is 1. The number of carbonyl (C=O) groups excluding carboxylic acids is 1. The Morgan fingerprint density at radius 3 is 2.50 bits per heavy atom. The maximum atomic E-state index is 10.0. The lowest BCUT2D eigenvalue weighted by molar-refractivity contribution is -0.126. The predicted molar refractivity (Wildman–Crippen MR) is 30.5 cm³/mol. The van der Waals surface area contributed by atoms with Crippen LogP contribution >= 0.6 is 11.6 Å². The van der Waals surface area contributed by atoms with Crippen LogP contribution < -0.4 is 5.73 Å². The zero-order valence-electron chi connectivity index (χ0n) is 4.30. The van der Waals surface area contributed by atoms with Crippen molar-refractivity contribution >= 4 is 17.5 Å². The van der Waals surface area contributed by atoms with Crippen molar-refractivity contribution < 1.29 is 9.90 Å². The minimum Gasteiger partial charge on any atom is -0.383 e. The topological polar surface area (TPSA) is 63.3 Å². The third kappa shape index (κ3) is 2.82. The number of hydrogen-bond donors (Lipinski definition) is 2. The van der Waals surface area contributed by atoms with E-state index in [9.17, 15) is 4.79 Å². The van der Waals surface area contributed by atoms with Gasteiger partial charge in [0, 0.05) is 5.88 Å². The van der Waals surface area contributed by atoms with Gasteiger partial charge >= 0.3 is 0 Å². The molecule has 0 aromatic rings. The molecule has 1 unspecified atom stereocenters. The van der Waals surface area contributed by atoms with Gasteiger partial charge in [0.1, 0.15) is 6.10 Å². The second-order valence-corrected chi connectivity index (χ2v) is 1.77. The van der Waals surface area contributed by atoms with Crippen molar-refractivity contribution in [2.45, 2.75) is 12.5 Å². The first kappa shape index (κ1) is 7.72. The van der Waals surface area contributed by atoms with Gasteiger partial charge < -0.3 is 10.8 Å². The summed E-state index contributed by atoms with van der Waals surface area (Å²) in [4.78, 5) is 10.0. The number of primary amides is 1. The summed E-state index contributed by atoms with van der Waals surface area (Å²) in [5, 5.41) is 8.57. The molecule has 4 heteroatoms. The van der Waals surface area contributed by atoms with Crippen LogP contribution in [-0.4, -0.2) is 23.0 Å². The van der Waals surface area contributed by atoms with E-state index < -0.39 is 12.0 Å². The summed E-state index contributed by atoms with van der Waals surface area (Å²) in [6.45, 7) is 0. The molecule has 1 atom stereocenters. The molecule has 3 nitrogen and oxygen atoms in total. The quantitative estimate of drug-likeness (QED) is 0.514. The summed E-state index contributed by atoms with van der Waals surface area (Å²) >= 11 is 5.17. The van der Waals surface area contributed by atoms with Crippen LogP contribution in [-0.2, 0) is 4.79 Å². The molecule has 0 aromatic carbocycles. The number of amides is 1. The molecule has 0 aliphatic rings. The van der Waals surface area contributed by atoms with E-state index in [1.54, 1.807) is 0 Å². The molecular formula is C4H8ClNO2. The van der Waals surface area contributed by atoms with Crippen molar-refractivity contribution in [1.82, 2.24) is 0 Å². The average Bonchev–Trinajstić information content (AvgIpc) is 1.67. The molecule has 8 heavy (non-hydrogen) atoms. The van der Waals surface area contributed by atoms with E-state index in [4.69, 9.17) is 16.7 Å². The zero-order valence-corrected chi connectivity index (χ0v) is 5.06. The van der Waals surface area contributed by atoms with Crippen LogP contribution in [0.15, 0.2) is 0 Å². The standard InChI is InChI=1S/C4H8ClNO2/c5-2-1-3(7)4(6)8/h3,7H,1-2H2,(H2,6,8). The monoisotopic (exact) mass is 137 g/mol. The molecule has 0 bridgehead atoms. The van der Waals surface area contributed by atoms with Crippen LogP contribution in [0, 0.1) is 0 Å². The number of aliphatic hydroxyl groups is 1. The molecule has 48 valence electrons. The first-order valence-corrected chi connectivity index (χ1v) is 2.75. The molecule has 0 spiro atoms. The summed E-state index contributed by atoms with van der Waals surface area (Å²) in [7, 11) is 0. The average molecular weight is 138 g/mol. The number of hydrogen-bond acceptors (Lipinski definition) is 2. The molecule has 0 fully saturated rings. The minimum absolute atomic E-state index is 0.233. The summed E-state index contributed by atoms with van der Waals surface area (Å²) in [6, 6.07) is 0. The number of halogens is 1. The summed E-state index contributed by atoms with van der Waals surface area (Å²) in [5.41, 5.74) is 4.67. The van der Waals surface area contributed by atoms with E-state index in [1.165, 1.54) is 0 Å². The number of aliphatic hydroxyl groups excluding tert-OH is 1. The van der Waals surface area contributed by atoms with Gasteiger partial charge in [-0.05, 0) is 6.42 Å². The van der Waals surface area contributed by atoms with Crippen molar-refractivity contribution in [2.75, 3.05) is 5.88 Å². The van der Waals surface area contributed by atoms with E-state index >= 15 is 0 Å². The molecule has 0 rings (SSSR count). The first-order chi connectivity index (χ1) is 3.68. The van der Waals surface area contributed by atoms with Gasteiger partial charge in [0.2, 0.25) is 5.91 Å². The molecule has 0 heterocycles. The van der Waals surface area contributed by atoms with Crippen LogP contribution in [0.25, 0.3) is 0 Å². The van der Waals surface area contributed by atoms with Crippen molar-refractivity contribution in [3.63, 3.8) is 0 Å². The molecular weight excluding hydrogens is 130 g/mol. The second-order valence-electron chi connectivity index (χ2n) is 1.40. The fraction of sp³-hybridized carbons (Fsp3) is 0.750. The van der Waals surface area contributed by atoms with E-state index in [1.807, 2.05) is 0 Å². The highest BCUT2D eigenvalue weighted by Crippen LogP contribution is 1.91. The lowest BCUT2D eigenvalue weighted by Gasteiger charge is -1.99. The Balaban J connectivity index is 3.32. The first-order valence-electron chi connectivity index (χ1n) is 2.22. The fourth-order valence-corrected chi connectivity index (χ4v) is 0.452. The number of rotatable bonds is 3. The van der Waals surface area contributed by atoms with Gasteiger partial charge in [-0.3, -0.25) is 4.79 Å². The molecule has 0 aliphatic carbocycles. The van der Waals surface area contributed by atoms with Crippen molar-refractivity contribution in [3.05, 3.63) is 0 Å². The Morgan fingerprint density at radius 2 is 2.38 bits per heavy atom. The highest BCUT2D eigenvalue weighted by Gasteiger charge is 2.07. The van der Waals surface area contributed by atoms with Crippen LogP contribution in [0.4, 0.5) is 0 Å². The Hall–Kier alpha value is -0.280. The molecule has 0 aliphatic heterocycles. The predicted octanol–water partition coefficient (Wildman–Crippen LogP) is -0.539. The Kier molecular flexibility index (Phi) is 3.56. The second kappa shape index (κ2) is 3.69. The lowest BCUT2D eigenvalue weighted by atomic mass is 10.3. The molecule has 0 saturated carbocycles. The summed E-state index contributed by atoms with van der Waals surface area (Å²) in [6.07, 6.45) is -0.843. The smallest absolute Gasteiger partial charge is 0.246 e. The van der Waals surface area contributed by atoms with Gasteiger partial charge in [-0.2, -0.15) is 0 Å². The Labute approximate surface area is 52.4 Å². The third-order valence-corrected chi connectivity index (χ3v) is 0.929. The van der Waals surface area contributed by atoms with Crippen LogP contribution in [0.1, 0.15) is 6.42 Å². The van der Waals surface area contributed by atoms with Gasteiger partial charge in [0.05, 0.1) is 0 Å². The van der Waals surface area contributed by atoms with Crippen molar-refractivity contribution in [3.8, 4) is 0 Å².